The molecule has 2 aromatic rings. The summed E-state index contributed by atoms with van der Waals surface area (Å²) in [7, 11) is 2.21. The Balaban J connectivity index is 1.34. The number of hydrogen-bond donors (Lipinski definition) is 0. The minimum atomic E-state index is -0.0193. The maximum atomic E-state index is 13.5. The molecule has 2 saturated heterocycles. The van der Waals surface area contributed by atoms with Gasteiger partial charge in [-0.1, -0.05) is 13.0 Å². The van der Waals surface area contributed by atoms with Gasteiger partial charge in [-0.15, -0.1) is 0 Å². The van der Waals surface area contributed by atoms with Gasteiger partial charge in [0.05, 0.1) is 34.5 Å². The quantitative estimate of drug-likeness (QED) is 0.715. The first-order valence-electron chi connectivity index (χ1n) is 11.8. The zero-order chi connectivity index (χ0) is 22.9. The average Bonchev–Trinajstić information content (AvgIpc) is 3.48. The van der Waals surface area contributed by atoms with E-state index in [-0.39, 0.29) is 11.8 Å². The second-order valence-electron chi connectivity index (χ2n) is 9.92. The molecule has 4 aliphatic heterocycles. The summed E-state index contributed by atoms with van der Waals surface area (Å²) in [6.45, 7) is 8.26. The second kappa shape index (κ2) is 7.42. The number of likely N-dealkylation sites (N-methyl/N-ethyl adjacent to an activating group) is 1. The lowest BCUT2D eigenvalue weighted by atomic mass is 9.92. The van der Waals surface area contributed by atoms with Crippen molar-refractivity contribution in [1.82, 2.24) is 29.3 Å². The van der Waals surface area contributed by atoms with Crippen molar-refractivity contribution in [3.8, 4) is 0 Å². The molecule has 3 atom stereocenters. The predicted octanol–water partition coefficient (Wildman–Crippen LogP) is 3.28. The summed E-state index contributed by atoms with van der Waals surface area (Å²) in [5, 5.41) is 4.80. The molecule has 4 aliphatic rings. The first kappa shape index (κ1) is 20.4. The Morgan fingerprint density at radius 3 is 2.67 bits per heavy atom. The van der Waals surface area contributed by atoms with Gasteiger partial charge in [0.15, 0.2) is 0 Å². The van der Waals surface area contributed by atoms with Crippen LogP contribution < -0.4 is 0 Å². The molecule has 6 rings (SSSR count). The molecule has 170 valence electrons. The van der Waals surface area contributed by atoms with E-state index in [1.54, 1.807) is 6.08 Å². The lowest BCUT2D eigenvalue weighted by molar-refractivity contribution is -0.122. The number of allylic oxidation sites excluding steroid dienone is 4. The average molecular weight is 443 g/mol. The molecule has 3 unspecified atom stereocenters. The van der Waals surface area contributed by atoms with E-state index < -0.39 is 0 Å². The zero-order valence-electron chi connectivity index (χ0n) is 19.7. The van der Waals surface area contributed by atoms with Gasteiger partial charge in [0.2, 0.25) is 0 Å². The van der Waals surface area contributed by atoms with Gasteiger partial charge in [0.25, 0.3) is 5.91 Å². The monoisotopic (exact) mass is 442 g/mol. The van der Waals surface area contributed by atoms with Gasteiger partial charge < -0.3 is 4.90 Å². The van der Waals surface area contributed by atoms with Crippen LogP contribution in [0.3, 0.4) is 0 Å². The minimum Gasteiger partial charge on any atom is -0.364 e. The normalized spacial score (nSPS) is 27.5. The molecular formula is C26H30N6O. The van der Waals surface area contributed by atoms with Crippen LogP contribution in [0.4, 0.5) is 0 Å². The van der Waals surface area contributed by atoms with Crippen LogP contribution in [0, 0.1) is 19.8 Å². The molecule has 0 N–H and O–H groups in total. The molecule has 0 aromatic carbocycles. The van der Waals surface area contributed by atoms with Gasteiger partial charge in [-0.25, -0.2) is 4.52 Å². The van der Waals surface area contributed by atoms with Gasteiger partial charge >= 0.3 is 0 Å². The number of carbonyl (C=O) groups is 1. The third kappa shape index (κ3) is 3.33. The van der Waals surface area contributed by atoms with Gasteiger partial charge in [-0.3, -0.25) is 19.6 Å². The molecule has 2 fully saturated rings. The molecular weight excluding hydrogens is 412 g/mol. The number of aromatic nitrogens is 3. The fourth-order valence-electron chi connectivity index (χ4n) is 5.74. The lowest BCUT2D eigenvalue weighted by Crippen LogP contribution is -2.44. The van der Waals surface area contributed by atoms with E-state index in [0.29, 0.717) is 12.1 Å². The molecule has 7 heteroatoms. The van der Waals surface area contributed by atoms with Crippen LogP contribution in [0.25, 0.3) is 11.1 Å². The number of nitrogens with zero attached hydrogens (tertiary/aromatic N) is 6. The summed E-state index contributed by atoms with van der Waals surface area (Å²) < 4.78 is 1.88. The highest BCUT2D eigenvalue weighted by atomic mass is 16.2. The van der Waals surface area contributed by atoms with E-state index in [1.807, 2.05) is 35.7 Å². The highest BCUT2D eigenvalue weighted by Crippen LogP contribution is 2.36. The van der Waals surface area contributed by atoms with Crippen molar-refractivity contribution in [3.05, 3.63) is 71.2 Å². The standard InChI is InChI=1S/C26H30N6O/c1-16-5-6-19-7-8-20(30-15-21-9-22(30)13-29(21)4)14-31(19)26(33)10-23(16)24-11-25-18(3)27-17(2)12-32(25)28-24/h6-8,10-12,14,16,21-22H,5,9,13,15H2,1-4H3. The number of likely N-dealkylation sites (tertiary alicyclic amines) is 2. The Labute approximate surface area is 194 Å². The van der Waals surface area contributed by atoms with Crippen LogP contribution in [0.2, 0.25) is 0 Å². The maximum absolute atomic E-state index is 13.5. The summed E-state index contributed by atoms with van der Waals surface area (Å²) >= 11 is 0. The molecule has 2 aromatic heterocycles. The van der Waals surface area contributed by atoms with E-state index in [4.69, 9.17) is 5.10 Å². The minimum absolute atomic E-state index is 0.0193. The SMILES string of the molecule is Cc1cn2nc(C3=CC(=O)N4C=C(N5CC6CC5CN6C)C=CC4=CCC3C)cc2c(C)n1. The van der Waals surface area contributed by atoms with E-state index in [1.165, 1.54) is 6.42 Å². The Hall–Kier alpha value is -3.19. The Morgan fingerprint density at radius 1 is 1.09 bits per heavy atom. The van der Waals surface area contributed by atoms with E-state index in [0.717, 1.165) is 59.1 Å². The number of hydrogen-bond acceptors (Lipinski definition) is 5. The molecule has 0 spiro atoms. The van der Waals surface area contributed by atoms with Crippen LogP contribution in [0.1, 0.15) is 36.8 Å². The number of fused-ring (bicyclic) bond motifs is 4. The molecule has 0 saturated carbocycles. The maximum Gasteiger partial charge on any atom is 0.255 e. The van der Waals surface area contributed by atoms with Crippen molar-refractivity contribution in [2.75, 3.05) is 20.1 Å². The topological polar surface area (TPSA) is 57.0 Å². The van der Waals surface area contributed by atoms with Gasteiger partial charge in [-0.2, -0.15) is 5.10 Å². The zero-order valence-corrected chi connectivity index (χ0v) is 19.7. The van der Waals surface area contributed by atoms with Crippen LogP contribution >= 0.6 is 0 Å². The van der Waals surface area contributed by atoms with Crippen molar-refractivity contribution < 1.29 is 4.79 Å². The lowest BCUT2D eigenvalue weighted by Gasteiger charge is -2.36. The number of piperazine rings is 1. The molecule has 0 aliphatic carbocycles. The van der Waals surface area contributed by atoms with Crippen LogP contribution in [-0.4, -0.2) is 67.4 Å². The van der Waals surface area contributed by atoms with Gasteiger partial charge in [0, 0.05) is 43.1 Å². The van der Waals surface area contributed by atoms with Gasteiger partial charge in [-0.05, 0) is 63.4 Å². The van der Waals surface area contributed by atoms with E-state index >= 15 is 0 Å². The number of aryl methyl sites for hydroxylation is 2. The van der Waals surface area contributed by atoms with Crippen molar-refractivity contribution in [1.29, 1.82) is 0 Å². The van der Waals surface area contributed by atoms with E-state index in [2.05, 4.69) is 53.0 Å². The van der Waals surface area contributed by atoms with E-state index in [9.17, 15) is 4.79 Å². The van der Waals surface area contributed by atoms with Crippen LogP contribution in [0.5, 0.6) is 0 Å². The smallest absolute Gasteiger partial charge is 0.255 e. The molecule has 33 heavy (non-hydrogen) atoms. The second-order valence-corrected chi connectivity index (χ2v) is 9.92. The fraction of sp³-hybridized carbons (Fsp3) is 0.423. The molecule has 7 nitrogen and oxygen atoms in total. The van der Waals surface area contributed by atoms with Crippen LogP contribution in [-0.2, 0) is 4.79 Å². The van der Waals surface area contributed by atoms with Crippen molar-refractivity contribution >= 4 is 17.0 Å². The highest BCUT2D eigenvalue weighted by molar-refractivity contribution is 5.98. The summed E-state index contributed by atoms with van der Waals surface area (Å²) in [6.07, 6.45) is 14.3. The van der Waals surface area contributed by atoms with Crippen molar-refractivity contribution in [2.24, 2.45) is 5.92 Å². The fourth-order valence-corrected chi connectivity index (χ4v) is 5.74. The summed E-state index contributed by atoms with van der Waals surface area (Å²) in [6, 6.07) is 3.21. The summed E-state index contributed by atoms with van der Waals surface area (Å²) in [5.74, 6) is 0.167. The third-order valence-electron chi connectivity index (χ3n) is 7.59. The number of carbonyl (C=O) groups excluding carboxylic acids is 1. The highest BCUT2D eigenvalue weighted by Gasteiger charge is 2.42. The predicted molar refractivity (Wildman–Crippen MR) is 128 cm³/mol. The van der Waals surface area contributed by atoms with Crippen LogP contribution in [0.15, 0.2) is 54.2 Å². The molecule has 1 amide bonds. The Kier molecular flexibility index (Phi) is 4.59. The first-order valence-corrected chi connectivity index (χ1v) is 11.8. The largest absolute Gasteiger partial charge is 0.364 e. The van der Waals surface area contributed by atoms with Crippen molar-refractivity contribution in [3.63, 3.8) is 0 Å². The first-order chi connectivity index (χ1) is 15.9. The summed E-state index contributed by atoms with van der Waals surface area (Å²) in [4.78, 5) is 24.8. The molecule has 6 heterocycles. The number of rotatable bonds is 2. The Bertz CT molecular complexity index is 1280. The summed E-state index contributed by atoms with van der Waals surface area (Å²) in [5.41, 5.74) is 6.76. The molecule has 2 bridgehead atoms. The third-order valence-corrected chi connectivity index (χ3v) is 7.59. The van der Waals surface area contributed by atoms with Gasteiger partial charge in [0.1, 0.15) is 0 Å². The number of amides is 1. The molecule has 0 radical (unpaired) electrons. The van der Waals surface area contributed by atoms with Crippen molar-refractivity contribution in [2.45, 2.75) is 45.7 Å². The Morgan fingerprint density at radius 2 is 1.91 bits per heavy atom.